The van der Waals surface area contributed by atoms with Crippen LogP contribution in [0.25, 0.3) is 11.0 Å². The standard InChI is InChI=1S/C18H13BrN2O4/c19-14-5-3-7-20-16(14)24-12-9-21(10-12)17(22)13-8-11-4-1-2-6-15(11)25-18(13)23/h1-8,12H,9-10H2. The average Bonchev–Trinajstić information content (AvgIpc) is 2.58. The van der Waals surface area contributed by atoms with Gasteiger partial charge in [0.1, 0.15) is 17.3 Å². The van der Waals surface area contributed by atoms with Crippen LogP contribution in [-0.2, 0) is 0 Å². The van der Waals surface area contributed by atoms with E-state index >= 15 is 0 Å². The van der Waals surface area contributed by atoms with E-state index in [1.165, 1.54) is 0 Å². The van der Waals surface area contributed by atoms with Crippen LogP contribution >= 0.6 is 15.9 Å². The van der Waals surface area contributed by atoms with Crippen LogP contribution in [0.5, 0.6) is 5.88 Å². The van der Waals surface area contributed by atoms with Gasteiger partial charge in [-0.1, -0.05) is 18.2 Å². The summed E-state index contributed by atoms with van der Waals surface area (Å²) in [6, 6.07) is 12.3. The molecule has 1 saturated heterocycles. The van der Waals surface area contributed by atoms with Crippen molar-refractivity contribution in [3.8, 4) is 5.88 Å². The van der Waals surface area contributed by atoms with Gasteiger partial charge in [-0.15, -0.1) is 0 Å². The van der Waals surface area contributed by atoms with E-state index < -0.39 is 5.63 Å². The molecule has 3 aromatic rings. The van der Waals surface area contributed by atoms with Crippen molar-refractivity contribution in [2.24, 2.45) is 0 Å². The van der Waals surface area contributed by atoms with Gasteiger partial charge in [-0.2, -0.15) is 0 Å². The lowest BCUT2D eigenvalue weighted by Crippen LogP contribution is -2.56. The highest BCUT2D eigenvalue weighted by Crippen LogP contribution is 2.25. The van der Waals surface area contributed by atoms with E-state index in [9.17, 15) is 9.59 Å². The monoisotopic (exact) mass is 400 g/mol. The third kappa shape index (κ3) is 3.02. The van der Waals surface area contributed by atoms with E-state index in [4.69, 9.17) is 9.15 Å². The summed E-state index contributed by atoms with van der Waals surface area (Å²) in [4.78, 5) is 30.3. The van der Waals surface area contributed by atoms with Gasteiger partial charge in [0.2, 0.25) is 5.88 Å². The SMILES string of the molecule is O=C(c1cc2ccccc2oc1=O)N1CC(Oc2ncccc2Br)C1. The van der Waals surface area contributed by atoms with Gasteiger partial charge in [-0.05, 0) is 40.2 Å². The molecule has 4 rings (SSSR count). The van der Waals surface area contributed by atoms with Gasteiger partial charge in [0.15, 0.2) is 0 Å². The van der Waals surface area contributed by atoms with Gasteiger partial charge in [0.05, 0.1) is 17.6 Å². The normalized spacial score (nSPS) is 14.4. The summed E-state index contributed by atoms with van der Waals surface area (Å²) in [6.07, 6.45) is 1.49. The van der Waals surface area contributed by atoms with Crippen molar-refractivity contribution < 1.29 is 13.9 Å². The third-order valence-electron chi connectivity index (χ3n) is 4.01. The summed E-state index contributed by atoms with van der Waals surface area (Å²) in [5.74, 6) is 0.143. The largest absolute Gasteiger partial charge is 0.470 e. The first-order chi connectivity index (χ1) is 12.1. The topological polar surface area (TPSA) is 72.6 Å². The maximum Gasteiger partial charge on any atom is 0.349 e. The van der Waals surface area contributed by atoms with Crippen LogP contribution < -0.4 is 10.4 Å². The van der Waals surface area contributed by atoms with Crippen molar-refractivity contribution in [2.75, 3.05) is 13.1 Å². The molecule has 0 unspecified atom stereocenters. The van der Waals surface area contributed by atoms with Crippen LogP contribution in [0.2, 0.25) is 0 Å². The average molecular weight is 401 g/mol. The Hall–Kier alpha value is -2.67. The number of benzene rings is 1. The predicted octanol–water partition coefficient (Wildman–Crippen LogP) is 2.85. The summed E-state index contributed by atoms with van der Waals surface area (Å²) in [6.45, 7) is 0.794. The van der Waals surface area contributed by atoms with Crippen molar-refractivity contribution in [1.82, 2.24) is 9.88 Å². The smallest absolute Gasteiger partial charge is 0.349 e. The second-order valence-corrected chi connectivity index (χ2v) is 6.58. The molecule has 0 atom stereocenters. The second-order valence-electron chi connectivity index (χ2n) is 5.73. The first-order valence-corrected chi connectivity index (χ1v) is 8.50. The Kier molecular flexibility index (Phi) is 4.01. The van der Waals surface area contributed by atoms with Gasteiger partial charge in [0.25, 0.3) is 5.91 Å². The maximum absolute atomic E-state index is 12.5. The number of hydrogen-bond acceptors (Lipinski definition) is 5. The van der Waals surface area contributed by atoms with Crippen LogP contribution in [-0.4, -0.2) is 35.0 Å². The van der Waals surface area contributed by atoms with Crippen molar-refractivity contribution in [3.05, 3.63) is 69.1 Å². The molecule has 25 heavy (non-hydrogen) atoms. The fraction of sp³-hybridized carbons (Fsp3) is 0.167. The fourth-order valence-electron chi connectivity index (χ4n) is 2.68. The number of halogens is 1. The number of carbonyl (C=O) groups excluding carboxylic acids is 1. The molecular weight excluding hydrogens is 388 g/mol. The first kappa shape index (κ1) is 15.8. The van der Waals surface area contributed by atoms with Crippen LogP contribution in [0.1, 0.15) is 10.4 Å². The van der Waals surface area contributed by atoms with E-state index in [1.807, 2.05) is 12.1 Å². The molecule has 2 aromatic heterocycles. The number of carbonyl (C=O) groups is 1. The Labute approximate surface area is 151 Å². The molecule has 126 valence electrons. The summed E-state index contributed by atoms with van der Waals surface area (Å²) in [5, 5.41) is 0.719. The van der Waals surface area contributed by atoms with Crippen LogP contribution in [0.15, 0.2) is 62.3 Å². The maximum atomic E-state index is 12.5. The Balaban J connectivity index is 1.48. The number of fused-ring (bicyclic) bond motifs is 1. The van der Waals surface area contributed by atoms with Crippen molar-refractivity contribution in [1.29, 1.82) is 0 Å². The van der Waals surface area contributed by atoms with Gasteiger partial charge in [-0.3, -0.25) is 4.79 Å². The number of para-hydroxylation sites is 1. The fourth-order valence-corrected chi connectivity index (χ4v) is 3.02. The molecule has 0 spiro atoms. The first-order valence-electron chi connectivity index (χ1n) is 7.71. The van der Waals surface area contributed by atoms with E-state index in [0.717, 1.165) is 9.86 Å². The number of rotatable bonds is 3. The highest BCUT2D eigenvalue weighted by Gasteiger charge is 2.34. The number of aromatic nitrogens is 1. The molecule has 1 fully saturated rings. The molecule has 0 N–H and O–H groups in total. The predicted molar refractivity (Wildman–Crippen MR) is 94.7 cm³/mol. The molecule has 6 nitrogen and oxygen atoms in total. The Bertz CT molecular complexity index is 1010. The summed E-state index contributed by atoms with van der Waals surface area (Å²) >= 11 is 3.37. The van der Waals surface area contributed by atoms with Crippen molar-refractivity contribution in [3.63, 3.8) is 0 Å². The van der Waals surface area contributed by atoms with E-state index in [2.05, 4.69) is 20.9 Å². The van der Waals surface area contributed by atoms with Crippen LogP contribution in [0.4, 0.5) is 0 Å². The zero-order chi connectivity index (χ0) is 17.4. The van der Waals surface area contributed by atoms with E-state index in [1.54, 1.807) is 41.4 Å². The number of pyridine rings is 1. The summed E-state index contributed by atoms with van der Waals surface area (Å²) in [5.41, 5.74) is -0.120. The zero-order valence-electron chi connectivity index (χ0n) is 13.0. The summed E-state index contributed by atoms with van der Waals surface area (Å²) < 4.78 is 11.7. The Morgan fingerprint density at radius 3 is 2.84 bits per heavy atom. The van der Waals surface area contributed by atoms with E-state index in [-0.39, 0.29) is 17.6 Å². The highest BCUT2D eigenvalue weighted by molar-refractivity contribution is 9.10. The lowest BCUT2D eigenvalue weighted by atomic mass is 10.1. The van der Waals surface area contributed by atoms with E-state index in [0.29, 0.717) is 24.6 Å². The Morgan fingerprint density at radius 1 is 1.24 bits per heavy atom. The molecule has 1 amide bonds. The molecular formula is C18H13BrN2O4. The van der Waals surface area contributed by atoms with Gasteiger partial charge >= 0.3 is 5.63 Å². The van der Waals surface area contributed by atoms with Crippen LogP contribution in [0.3, 0.4) is 0 Å². The molecule has 1 aliphatic rings. The molecule has 1 aromatic carbocycles. The van der Waals surface area contributed by atoms with Gasteiger partial charge in [0, 0.05) is 11.6 Å². The number of hydrogen-bond donors (Lipinski definition) is 0. The quantitative estimate of drug-likeness (QED) is 0.632. The lowest BCUT2D eigenvalue weighted by Gasteiger charge is -2.38. The molecule has 0 bridgehead atoms. The molecule has 3 heterocycles. The lowest BCUT2D eigenvalue weighted by molar-refractivity contribution is 0.0154. The minimum atomic E-state index is -0.625. The van der Waals surface area contributed by atoms with Crippen LogP contribution in [0, 0.1) is 0 Å². The minimum Gasteiger partial charge on any atom is -0.470 e. The number of likely N-dealkylation sites (tertiary alicyclic amines) is 1. The number of amides is 1. The van der Waals surface area contributed by atoms with Gasteiger partial charge < -0.3 is 14.1 Å². The molecule has 0 radical (unpaired) electrons. The molecule has 0 saturated carbocycles. The number of ether oxygens (including phenoxy) is 1. The Morgan fingerprint density at radius 2 is 2.04 bits per heavy atom. The van der Waals surface area contributed by atoms with Gasteiger partial charge in [-0.25, -0.2) is 9.78 Å². The highest BCUT2D eigenvalue weighted by atomic mass is 79.9. The second kappa shape index (κ2) is 6.33. The molecule has 1 aliphatic heterocycles. The zero-order valence-corrected chi connectivity index (χ0v) is 14.6. The minimum absolute atomic E-state index is 0.0381. The third-order valence-corrected chi connectivity index (χ3v) is 4.61. The molecule has 0 aliphatic carbocycles. The summed E-state index contributed by atoms with van der Waals surface area (Å²) in [7, 11) is 0. The molecule has 7 heteroatoms. The van der Waals surface area contributed by atoms with Crippen molar-refractivity contribution >= 4 is 32.8 Å². The number of nitrogens with zero attached hydrogens (tertiary/aromatic N) is 2. The van der Waals surface area contributed by atoms with Crippen molar-refractivity contribution in [2.45, 2.75) is 6.10 Å².